The highest BCUT2D eigenvalue weighted by Crippen LogP contribution is 2.70. The van der Waals surface area contributed by atoms with E-state index in [0.29, 0.717) is 0 Å². The molecule has 33 heavy (non-hydrogen) atoms. The van der Waals surface area contributed by atoms with Crippen LogP contribution in [0.25, 0.3) is 0 Å². The van der Waals surface area contributed by atoms with Gasteiger partial charge in [0.2, 0.25) is 0 Å². The number of aromatic amines is 1. The molecule has 0 amide bonds. The molecule has 1 aromatic heterocycles. The molecule has 0 bridgehead atoms. The molecule has 19 nitrogen and oxygen atoms in total. The van der Waals surface area contributed by atoms with Crippen molar-refractivity contribution in [2.45, 2.75) is 31.8 Å². The molecule has 190 valence electrons. The van der Waals surface area contributed by atoms with Crippen LogP contribution in [0.1, 0.15) is 18.2 Å². The number of H-pyrrole nitrogens is 1. The van der Waals surface area contributed by atoms with Crippen LogP contribution >= 0.6 is 31.3 Å². The fraction of sp³-hybridized carbons (Fsp3) is 0.600. The van der Waals surface area contributed by atoms with Gasteiger partial charge < -0.3 is 34.3 Å². The summed E-state index contributed by atoms with van der Waals surface area (Å²) in [5.41, 5.74) is -1.38. The summed E-state index contributed by atoms with van der Waals surface area (Å²) in [4.78, 5) is 70.0. The molecule has 1 saturated heterocycles. The van der Waals surface area contributed by atoms with E-state index in [-0.39, 0.29) is 12.0 Å². The van der Waals surface area contributed by atoms with Crippen LogP contribution in [0.4, 0.5) is 0 Å². The molecular weight excluding hydrogens is 544 g/mol. The highest BCUT2D eigenvalue weighted by atomic mass is 31.3. The van der Waals surface area contributed by atoms with Gasteiger partial charge in [0.05, 0.1) is 12.7 Å². The van der Waals surface area contributed by atoms with Crippen molar-refractivity contribution in [2.24, 2.45) is 0 Å². The molecule has 23 heteroatoms. The lowest BCUT2D eigenvalue weighted by Gasteiger charge is -2.20. The van der Waals surface area contributed by atoms with Crippen molar-refractivity contribution in [1.82, 2.24) is 9.55 Å². The van der Waals surface area contributed by atoms with Crippen molar-refractivity contribution in [3.63, 3.8) is 0 Å². The van der Waals surface area contributed by atoms with Crippen molar-refractivity contribution in [3.05, 3.63) is 32.6 Å². The summed E-state index contributed by atoms with van der Waals surface area (Å²) in [6.07, 6.45) is -2.99. The zero-order valence-corrected chi connectivity index (χ0v) is 19.7. The first kappa shape index (κ1) is 28.4. The van der Waals surface area contributed by atoms with Gasteiger partial charge in [-0.05, 0) is 6.92 Å². The first-order chi connectivity index (χ1) is 14.8. The quantitative estimate of drug-likeness (QED) is 0.167. The number of aryl methyl sites for hydroxylation is 1. The van der Waals surface area contributed by atoms with Crippen LogP contribution in [0.3, 0.4) is 0 Å². The third-order valence-electron chi connectivity index (χ3n) is 3.68. The zero-order chi connectivity index (χ0) is 25.4. The van der Waals surface area contributed by atoms with Crippen molar-refractivity contribution < 1.29 is 70.0 Å². The second-order valence-corrected chi connectivity index (χ2v) is 12.4. The van der Waals surface area contributed by atoms with E-state index in [1.807, 2.05) is 4.98 Å². The van der Waals surface area contributed by atoms with E-state index in [1.165, 1.54) is 6.92 Å². The standard InChI is InChI=1S/C10H18N2O17P4/c1-5-3-12(10(15)11-9(5)14)8-2-6(13)7(26-8)4-25-31(19,20)28-33(23,24)29-32(21,22)27-30(16,17)18/h3,6-8,13H,2,4H2,1H3,(H,19,20)(H,21,22)(H,23,24)(H,11,14,15)(H2,16,17,18)/t6-,7+,8+/m0/s1. The highest BCUT2D eigenvalue weighted by Gasteiger charge is 2.46. The summed E-state index contributed by atoms with van der Waals surface area (Å²) >= 11 is 0. The minimum absolute atomic E-state index is 0.142. The van der Waals surface area contributed by atoms with Crippen molar-refractivity contribution in [3.8, 4) is 0 Å². The Kier molecular flexibility index (Phi) is 8.63. The van der Waals surface area contributed by atoms with E-state index in [1.54, 1.807) is 0 Å². The Labute approximate surface area is 182 Å². The molecule has 6 atom stereocenters. The molecule has 0 aromatic carbocycles. The van der Waals surface area contributed by atoms with Gasteiger partial charge in [-0.1, -0.05) is 0 Å². The molecule has 0 radical (unpaired) electrons. The van der Waals surface area contributed by atoms with Gasteiger partial charge in [0.1, 0.15) is 12.3 Å². The molecule has 0 saturated carbocycles. The fourth-order valence-corrected chi connectivity index (χ4v) is 6.91. The topological polar surface area (TPSA) is 291 Å². The average Bonchev–Trinajstić information content (AvgIpc) is 2.92. The number of hydrogen-bond donors (Lipinski definition) is 7. The molecule has 7 N–H and O–H groups in total. The summed E-state index contributed by atoms with van der Waals surface area (Å²) in [6, 6.07) is 0. The van der Waals surface area contributed by atoms with Crippen molar-refractivity contribution >= 4 is 31.3 Å². The minimum atomic E-state index is -5.98. The minimum Gasteiger partial charge on any atom is -0.390 e. The van der Waals surface area contributed by atoms with Crippen molar-refractivity contribution in [1.29, 1.82) is 0 Å². The van der Waals surface area contributed by atoms with Crippen LogP contribution in [-0.2, 0) is 40.5 Å². The summed E-state index contributed by atoms with van der Waals surface area (Å²) in [7, 11) is -23.2. The normalized spacial score (nSPS) is 26.9. The summed E-state index contributed by atoms with van der Waals surface area (Å²) in [5.74, 6) is 0. The Bertz CT molecular complexity index is 1180. The fourth-order valence-electron chi connectivity index (χ4n) is 2.45. The van der Waals surface area contributed by atoms with Gasteiger partial charge in [0.25, 0.3) is 5.56 Å². The third-order valence-corrected chi connectivity index (χ3v) is 9.14. The van der Waals surface area contributed by atoms with E-state index < -0.39 is 67.6 Å². The van der Waals surface area contributed by atoms with E-state index in [2.05, 4.69) is 17.5 Å². The molecule has 2 rings (SSSR count). The summed E-state index contributed by atoms with van der Waals surface area (Å²) in [5, 5.41) is 10.0. The maximum Gasteiger partial charge on any atom is 0.490 e. The monoisotopic (exact) mass is 562 g/mol. The van der Waals surface area contributed by atoms with Gasteiger partial charge in [-0.15, -0.1) is 0 Å². The first-order valence-electron chi connectivity index (χ1n) is 8.27. The Hall–Kier alpha value is -0.840. The molecule has 2 heterocycles. The van der Waals surface area contributed by atoms with Crippen molar-refractivity contribution in [2.75, 3.05) is 6.61 Å². The van der Waals surface area contributed by atoms with Gasteiger partial charge in [0.15, 0.2) is 0 Å². The molecule has 1 fully saturated rings. The number of nitrogens with one attached hydrogen (secondary N) is 1. The molecule has 1 aromatic rings. The third kappa shape index (κ3) is 8.71. The van der Waals surface area contributed by atoms with Crippen LogP contribution in [0.5, 0.6) is 0 Å². The second-order valence-electron chi connectivity index (χ2n) is 6.35. The van der Waals surface area contributed by atoms with E-state index in [9.17, 15) is 42.7 Å². The number of nitrogens with zero attached hydrogens (tertiary/aromatic N) is 1. The second kappa shape index (κ2) is 10.0. The number of phosphoric ester groups is 1. The Balaban J connectivity index is 2.01. The number of phosphoric acid groups is 4. The number of ether oxygens (including phenoxy) is 1. The summed E-state index contributed by atoms with van der Waals surface area (Å²) < 4.78 is 66.3. The maximum atomic E-state index is 11.9. The lowest BCUT2D eigenvalue weighted by molar-refractivity contribution is -0.0450. The Morgan fingerprint density at radius 1 is 1.03 bits per heavy atom. The molecule has 0 spiro atoms. The van der Waals surface area contributed by atoms with Crippen LogP contribution in [-0.4, -0.2) is 57.9 Å². The van der Waals surface area contributed by atoms with Crippen LogP contribution in [0.15, 0.2) is 15.8 Å². The van der Waals surface area contributed by atoms with Gasteiger partial charge in [-0.3, -0.25) is 18.9 Å². The van der Waals surface area contributed by atoms with Crippen LogP contribution in [0, 0.1) is 6.92 Å². The van der Waals surface area contributed by atoms with Crippen LogP contribution < -0.4 is 11.2 Å². The van der Waals surface area contributed by atoms with Crippen LogP contribution in [0.2, 0.25) is 0 Å². The maximum absolute atomic E-state index is 11.9. The number of aliphatic hydroxyl groups is 1. The number of aromatic nitrogens is 2. The first-order valence-corrected chi connectivity index (χ1v) is 14.3. The summed E-state index contributed by atoms with van der Waals surface area (Å²) in [6.45, 7) is 0.420. The molecule has 3 unspecified atom stereocenters. The smallest absolute Gasteiger partial charge is 0.390 e. The number of aliphatic hydroxyl groups excluding tert-OH is 1. The molecule has 1 aliphatic heterocycles. The lowest BCUT2D eigenvalue weighted by atomic mass is 10.2. The highest BCUT2D eigenvalue weighted by molar-refractivity contribution is 7.69. The predicted molar refractivity (Wildman–Crippen MR) is 101 cm³/mol. The van der Waals surface area contributed by atoms with E-state index >= 15 is 0 Å². The number of hydrogen-bond acceptors (Lipinski definition) is 12. The Morgan fingerprint density at radius 2 is 1.58 bits per heavy atom. The van der Waals surface area contributed by atoms with Gasteiger partial charge in [0, 0.05) is 18.2 Å². The lowest BCUT2D eigenvalue weighted by Crippen LogP contribution is -2.33. The van der Waals surface area contributed by atoms with Gasteiger partial charge in [-0.2, -0.15) is 12.9 Å². The molecular formula is C10H18N2O17P4. The molecule has 1 aliphatic rings. The van der Waals surface area contributed by atoms with Gasteiger partial charge >= 0.3 is 37.0 Å². The van der Waals surface area contributed by atoms with Gasteiger partial charge in [-0.25, -0.2) is 23.1 Å². The average molecular weight is 562 g/mol. The predicted octanol–water partition coefficient (Wildman–Crippen LogP) is -1.05. The van der Waals surface area contributed by atoms with E-state index in [4.69, 9.17) is 19.4 Å². The largest absolute Gasteiger partial charge is 0.490 e. The number of rotatable bonds is 10. The van der Waals surface area contributed by atoms with E-state index in [0.717, 1.165) is 10.8 Å². The molecule has 0 aliphatic carbocycles. The zero-order valence-electron chi connectivity index (χ0n) is 16.1. The Morgan fingerprint density at radius 3 is 2.15 bits per heavy atom. The SMILES string of the molecule is Cc1cn([C@H]2C[C@H](O)[C@@H](COP(=O)(O)OP(=O)(O)OP(=O)(O)OP(=O)(O)O)O2)c(=O)[nH]c1=O.